The largest absolute Gasteiger partial charge is 0.455 e. The normalized spacial score (nSPS) is 18.5. The number of carbonyl (C=O) groups is 2. The Labute approximate surface area is 319 Å². The molecule has 0 bridgehead atoms. The molecular weight excluding hydrogens is 670 g/mol. The first-order valence-electron chi connectivity index (χ1n) is 21.6. The molecule has 1 saturated heterocycles. The van der Waals surface area contributed by atoms with Crippen LogP contribution in [0.5, 0.6) is 0 Å². The SMILES string of the molecule is CCCCCCCCCCCCCCCC(=O)O[C@@H]1[C@H](OC(=O)CCCCCCCCCCCCCCC)[C@@H](CO)O[C@H]1n1cnc2c(N)ncnc21. The highest BCUT2D eigenvalue weighted by atomic mass is 16.6. The topological polar surface area (TPSA) is 152 Å². The van der Waals surface area contributed by atoms with Crippen LogP contribution in [0, 0.1) is 0 Å². The van der Waals surface area contributed by atoms with Crippen molar-refractivity contribution in [1.29, 1.82) is 0 Å². The Morgan fingerprint density at radius 1 is 0.642 bits per heavy atom. The number of hydrogen-bond acceptors (Lipinski definition) is 10. The van der Waals surface area contributed by atoms with E-state index >= 15 is 0 Å². The maximum atomic E-state index is 13.2. The molecule has 3 rings (SSSR count). The van der Waals surface area contributed by atoms with Gasteiger partial charge in [0, 0.05) is 12.8 Å². The second-order valence-electron chi connectivity index (χ2n) is 15.2. The van der Waals surface area contributed by atoms with Crippen LogP contribution in [-0.2, 0) is 23.8 Å². The van der Waals surface area contributed by atoms with Crippen molar-refractivity contribution in [2.45, 2.75) is 218 Å². The summed E-state index contributed by atoms with van der Waals surface area (Å²) in [6, 6.07) is 0. The number of hydrogen-bond donors (Lipinski definition) is 2. The zero-order valence-corrected chi connectivity index (χ0v) is 33.3. The van der Waals surface area contributed by atoms with E-state index in [0.717, 1.165) is 38.5 Å². The van der Waals surface area contributed by atoms with Gasteiger partial charge in [-0.05, 0) is 12.8 Å². The lowest BCUT2D eigenvalue weighted by atomic mass is 10.0. The second kappa shape index (κ2) is 27.7. The molecule has 2 aromatic rings. The van der Waals surface area contributed by atoms with Crippen LogP contribution in [0.2, 0.25) is 0 Å². The third-order valence-electron chi connectivity index (χ3n) is 10.6. The predicted molar refractivity (Wildman–Crippen MR) is 211 cm³/mol. The Morgan fingerprint density at radius 3 is 1.49 bits per heavy atom. The lowest BCUT2D eigenvalue weighted by Gasteiger charge is -2.24. The molecule has 0 spiro atoms. The van der Waals surface area contributed by atoms with Gasteiger partial charge in [-0.2, -0.15) is 0 Å². The Hall–Kier alpha value is -2.79. The zero-order chi connectivity index (χ0) is 37.9. The fourth-order valence-corrected chi connectivity index (χ4v) is 7.40. The average molecular weight is 744 g/mol. The second-order valence-corrected chi connectivity index (χ2v) is 15.2. The van der Waals surface area contributed by atoms with Crippen LogP contribution in [0.25, 0.3) is 11.2 Å². The Bertz CT molecular complexity index is 1260. The zero-order valence-electron chi connectivity index (χ0n) is 33.3. The smallest absolute Gasteiger partial charge is 0.306 e. The highest BCUT2D eigenvalue weighted by Gasteiger charge is 2.50. The van der Waals surface area contributed by atoms with Gasteiger partial charge in [-0.1, -0.05) is 168 Å². The number of aromatic nitrogens is 4. The molecule has 0 aromatic carbocycles. The van der Waals surface area contributed by atoms with Gasteiger partial charge in [0.25, 0.3) is 0 Å². The van der Waals surface area contributed by atoms with Crippen molar-refractivity contribution in [2.24, 2.45) is 0 Å². The van der Waals surface area contributed by atoms with Crippen LogP contribution < -0.4 is 5.73 Å². The molecule has 53 heavy (non-hydrogen) atoms. The average Bonchev–Trinajstić information content (AvgIpc) is 3.73. The van der Waals surface area contributed by atoms with E-state index in [1.165, 1.54) is 141 Å². The third kappa shape index (κ3) is 17.0. The maximum absolute atomic E-state index is 13.2. The number of unbranched alkanes of at least 4 members (excludes halogenated alkanes) is 24. The third-order valence-corrected chi connectivity index (χ3v) is 10.6. The van der Waals surface area contributed by atoms with Crippen molar-refractivity contribution in [3.05, 3.63) is 12.7 Å². The van der Waals surface area contributed by atoms with Crippen molar-refractivity contribution < 1.29 is 28.9 Å². The highest BCUT2D eigenvalue weighted by Crippen LogP contribution is 2.36. The molecule has 3 heterocycles. The van der Waals surface area contributed by atoms with Crippen LogP contribution in [0.4, 0.5) is 5.82 Å². The van der Waals surface area contributed by atoms with Gasteiger partial charge in [-0.25, -0.2) is 15.0 Å². The summed E-state index contributed by atoms with van der Waals surface area (Å²) in [6.07, 6.45) is 31.3. The van der Waals surface area contributed by atoms with Gasteiger partial charge in [0.15, 0.2) is 29.9 Å². The molecule has 3 N–H and O–H groups in total. The van der Waals surface area contributed by atoms with Gasteiger partial charge in [0.2, 0.25) is 0 Å². The van der Waals surface area contributed by atoms with Crippen molar-refractivity contribution in [3.63, 3.8) is 0 Å². The number of nitrogens with two attached hydrogens (primary N) is 1. The van der Waals surface area contributed by atoms with Crippen LogP contribution in [-0.4, -0.2) is 61.5 Å². The van der Waals surface area contributed by atoms with Gasteiger partial charge < -0.3 is 25.1 Å². The lowest BCUT2D eigenvalue weighted by Crippen LogP contribution is -2.40. The minimum Gasteiger partial charge on any atom is -0.455 e. The number of carbonyl (C=O) groups excluding carboxylic acids is 2. The van der Waals surface area contributed by atoms with Crippen molar-refractivity contribution in [1.82, 2.24) is 19.5 Å². The number of aliphatic hydroxyl groups excluding tert-OH is 1. The summed E-state index contributed by atoms with van der Waals surface area (Å²) in [7, 11) is 0. The molecule has 11 nitrogen and oxygen atoms in total. The van der Waals surface area contributed by atoms with E-state index in [9.17, 15) is 14.7 Å². The molecule has 0 aliphatic carbocycles. The van der Waals surface area contributed by atoms with Crippen molar-refractivity contribution >= 4 is 28.9 Å². The summed E-state index contributed by atoms with van der Waals surface area (Å²) in [5.41, 5.74) is 6.81. The molecular formula is C42H73N5O6. The molecule has 1 aliphatic heterocycles. The Morgan fingerprint density at radius 2 is 1.06 bits per heavy atom. The summed E-state index contributed by atoms with van der Waals surface area (Å²) in [5, 5.41) is 10.3. The van der Waals surface area contributed by atoms with E-state index < -0.39 is 31.1 Å². The molecule has 11 heteroatoms. The van der Waals surface area contributed by atoms with Crippen LogP contribution in [0.1, 0.15) is 200 Å². The maximum Gasteiger partial charge on any atom is 0.306 e. The minimum atomic E-state index is -0.995. The van der Waals surface area contributed by atoms with Crippen LogP contribution in [0.3, 0.4) is 0 Å². The molecule has 1 aliphatic rings. The summed E-state index contributed by atoms with van der Waals surface area (Å²) in [6.45, 7) is 4.10. The summed E-state index contributed by atoms with van der Waals surface area (Å²) < 4.78 is 19.8. The van der Waals surface area contributed by atoms with Gasteiger partial charge in [-0.3, -0.25) is 14.2 Å². The van der Waals surface area contributed by atoms with Crippen LogP contribution in [0.15, 0.2) is 12.7 Å². The number of aliphatic hydroxyl groups is 1. The quantitative estimate of drug-likeness (QED) is 0.0547. The fourth-order valence-electron chi connectivity index (χ4n) is 7.40. The Balaban J connectivity index is 1.44. The van der Waals surface area contributed by atoms with Crippen molar-refractivity contribution in [3.8, 4) is 0 Å². The van der Waals surface area contributed by atoms with Crippen molar-refractivity contribution in [2.75, 3.05) is 12.3 Å². The molecule has 4 atom stereocenters. The number of nitrogens with zero attached hydrogens (tertiary/aromatic N) is 4. The molecule has 0 amide bonds. The summed E-state index contributed by atoms with van der Waals surface area (Å²) >= 11 is 0. The summed E-state index contributed by atoms with van der Waals surface area (Å²) in [4.78, 5) is 39.0. The number of nitrogen functional groups attached to an aromatic ring is 1. The van der Waals surface area contributed by atoms with E-state index in [4.69, 9.17) is 19.9 Å². The molecule has 302 valence electrons. The lowest BCUT2D eigenvalue weighted by molar-refractivity contribution is -0.168. The van der Waals surface area contributed by atoms with Gasteiger partial charge in [-0.15, -0.1) is 0 Å². The molecule has 0 radical (unpaired) electrons. The Kier molecular flexibility index (Phi) is 23.3. The van der Waals surface area contributed by atoms with Crippen LogP contribution >= 0.6 is 0 Å². The molecule has 0 unspecified atom stereocenters. The molecule has 2 aromatic heterocycles. The number of rotatable bonds is 32. The molecule has 1 fully saturated rings. The first kappa shape index (κ1) is 44.6. The predicted octanol–water partition coefficient (Wildman–Crippen LogP) is 10.1. The van der Waals surface area contributed by atoms with E-state index in [-0.39, 0.29) is 30.6 Å². The number of fused-ring (bicyclic) bond motifs is 1. The van der Waals surface area contributed by atoms with E-state index in [0.29, 0.717) is 11.2 Å². The minimum absolute atomic E-state index is 0.210. The molecule has 0 saturated carbocycles. The first-order chi connectivity index (χ1) is 26.0. The number of anilines is 1. The van der Waals surface area contributed by atoms with Gasteiger partial charge >= 0.3 is 11.9 Å². The number of esters is 2. The monoisotopic (exact) mass is 744 g/mol. The first-order valence-corrected chi connectivity index (χ1v) is 21.6. The highest BCUT2D eigenvalue weighted by molar-refractivity contribution is 5.81. The van der Waals surface area contributed by atoms with E-state index in [2.05, 4.69) is 28.8 Å². The standard InChI is InChI=1S/C42H73N5O6/c1-3-5-7-9-11-13-15-17-19-21-23-25-27-29-35(49)52-38-34(31-48)51-42(47-33-46-37-40(43)44-32-45-41(37)47)39(38)53-36(50)30-28-26-24-22-20-18-16-14-12-10-8-6-4-2/h32-34,38-39,42,48H,3-31H2,1-2H3,(H2,43,44,45)/t34-,38-,39-,42-/m1/s1. The number of ether oxygens (including phenoxy) is 3. The van der Waals surface area contributed by atoms with Gasteiger partial charge in [0.1, 0.15) is 17.9 Å². The van der Waals surface area contributed by atoms with E-state index in [1.54, 1.807) is 4.57 Å². The fraction of sp³-hybridized carbons (Fsp3) is 0.833. The van der Waals surface area contributed by atoms with Gasteiger partial charge in [0.05, 0.1) is 12.9 Å². The summed E-state index contributed by atoms with van der Waals surface area (Å²) in [5.74, 6) is -0.566. The van der Waals surface area contributed by atoms with E-state index in [1.807, 2.05) is 0 Å². The number of imidazole rings is 1.